The van der Waals surface area contributed by atoms with Crippen LogP contribution in [0.3, 0.4) is 0 Å². The standard InChI is InChI=1S/C22H30N4O.HI/c1-4-19-8-6-7-9-20(19)16-25-22(23-5-2)24-15-14-18-10-12-21(13-11-18)26-17(3)27;/h6-13H,4-5,14-16H2,1-3H3,(H,26,27)(H2,23,24,25);1H. The molecule has 0 aliphatic carbocycles. The number of benzene rings is 2. The number of nitrogens with one attached hydrogen (secondary N) is 3. The lowest BCUT2D eigenvalue weighted by Gasteiger charge is -2.12. The fourth-order valence-electron chi connectivity index (χ4n) is 2.85. The lowest BCUT2D eigenvalue weighted by molar-refractivity contribution is -0.114. The normalized spacial score (nSPS) is 10.8. The Morgan fingerprint density at radius 2 is 1.64 bits per heavy atom. The van der Waals surface area contributed by atoms with E-state index < -0.39 is 0 Å². The van der Waals surface area contributed by atoms with Crippen molar-refractivity contribution in [3.8, 4) is 0 Å². The SMILES string of the molecule is CCNC(=NCc1ccccc1CC)NCCc1ccc(NC(C)=O)cc1.I. The van der Waals surface area contributed by atoms with Gasteiger partial charge in [-0.1, -0.05) is 43.3 Å². The summed E-state index contributed by atoms with van der Waals surface area (Å²) in [5.74, 6) is 0.777. The smallest absolute Gasteiger partial charge is 0.221 e. The monoisotopic (exact) mass is 494 g/mol. The molecule has 0 unspecified atom stereocenters. The van der Waals surface area contributed by atoms with E-state index in [9.17, 15) is 4.79 Å². The van der Waals surface area contributed by atoms with Gasteiger partial charge in [0.1, 0.15) is 0 Å². The summed E-state index contributed by atoms with van der Waals surface area (Å²) in [6.07, 6.45) is 1.90. The second-order valence-electron chi connectivity index (χ2n) is 6.37. The fraction of sp³-hybridized carbons (Fsp3) is 0.364. The molecule has 0 spiro atoms. The molecule has 28 heavy (non-hydrogen) atoms. The Hall–Kier alpha value is -2.09. The first-order valence-corrected chi connectivity index (χ1v) is 9.57. The first kappa shape index (κ1) is 23.9. The Balaban J connectivity index is 0.00000392. The minimum atomic E-state index is -0.0550. The van der Waals surface area contributed by atoms with Crippen LogP contribution in [0.15, 0.2) is 53.5 Å². The van der Waals surface area contributed by atoms with Crippen molar-refractivity contribution < 1.29 is 4.79 Å². The van der Waals surface area contributed by atoms with Crippen LogP contribution in [-0.4, -0.2) is 25.0 Å². The molecule has 2 rings (SSSR count). The van der Waals surface area contributed by atoms with Crippen molar-refractivity contribution >= 4 is 41.5 Å². The molecule has 5 nitrogen and oxygen atoms in total. The van der Waals surface area contributed by atoms with Gasteiger partial charge in [0.05, 0.1) is 6.54 Å². The van der Waals surface area contributed by atoms with Crippen LogP contribution >= 0.6 is 24.0 Å². The van der Waals surface area contributed by atoms with Gasteiger partial charge in [0.25, 0.3) is 0 Å². The average Bonchev–Trinajstić information content (AvgIpc) is 2.67. The van der Waals surface area contributed by atoms with Gasteiger partial charge >= 0.3 is 0 Å². The minimum absolute atomic E-state index is 0. The third-order valence-corrected chi connectivity index (χ3v) is 4.23. The number of aryl methyl sites for hydroxylation is 1. The summed E-state index contributed by atoms with van der Waals surface area (Å²) in [5, 5.41) is 9.47. The number of guanidine groups is 1. The highest BCUT2D eigenvalue weighted by Crippen LogP contribution is 2.11. The number of carbonyl (C=O) groups is 1. The van der Waals surface area contributed by atoms with Crippen LogP contribution < -0.4 is 16.0 Å². The van der Waals surface area contributed by atoms with E-state index in [4.69, 9.17) is 4.99 Å². The molecule has 0 saturated heterocycles. The highest BCUT2D eigenvalue weighted by Gasteiger charge is 2.02. The van der Waals surface area contributed by atoms with Gasteiger partial charge in [0.2, 0.25) is 5.91 Å². The third kappa shape index (κ3) is 8.29. The highest BCUT2D eigenvalue weighted by atomic mass is 127. The van der Waals surface area contributed by atoms with Crippen molar-refractivity contribution in [2.75, 3.05) is 18.4 Å². The zero-order valence-electron chi connectivity index (χ0n) is 16.9. The topological polar surface area (TPSA) is 65.5 Å². The minimum Gasteiger partial charge on any atom is -0.357 e. The Kier molecular flexibility index (Phi) is 11.2. The summed E-state index contributed by atoms with van der Waals surface area (Å²) >= 11 is 0. The number of hydrogen-bond donors (Lipinski definition) is 3. The number of hydrogen-bond acceptors (Lipinski definition) is 2. The van der Waals surface area contributed by atoms with Crippen LogP contribution in [0.2, 0.25) is 0 Å². The predicted molar refractivity (Wildman–Crippen MR) is 129 cm³/mol. The molecule has 0 fully saturated rings. The maximum atomic E-state index is 11.1. The Bertz CT molecular complexity index is 759. The molecular weight excluding hydrogens is 463 g/mol. The van der Waals surface area contributed by atoms with Gasteiger partial charge in [0.15, 0.2) is 5.96 Å². The molecule has 0 atom stereocenters. The second kappa shape index (κ2) is 13.1. The van der Waals surface area contributed by atoms with Gasteiger partial charge in [-0.25, -0.2) is 4.99 Å². The lowest BCUT2D eigenvalue weighted by Crippen LogP contribution is -2.38. The summed E-state index contributed by atoms with van der Waals surface area (Å²) in [4.78, 5) is 15.8. The fourth-order valence-corrected chi connectivity index (χ4v) is 2.85. The Morgan fingerprint density at radius 3 is 2.25 bits per heavy atom. The molecule has 0 saturated carbocycles. The number of aliphatic imine (C=N–C) groups is 1. The molecule has 152 valence electrons. The first-order chi connectivity index (χ1) is 13.1. The maximum absolute atomic E-state index is 11.1. The molecule has 6 heteroatoms. The predicted octanol–water partition coefficient (Wildman–Crippen LogP) is 4.12. The van der Waals surface area contributed by atoms with Crippen LogP contribution in [0.4, 0.5) is 5.69 Å². The molecular formula is C22H31IN4O. The number of carbonyl (C=O) groups excluding carboxylic acids is 1. The highest BCUT2D eigenvalue weighted by molar-refractivity contribution is 14.0. The lowest BCUT2D eigenvalue weighted by atomic mass is 10.1. The van der Waals surface area contributed by atoms with E-state index in [1.807, 2.05) is 24.3 Å². The van der Waals surface area contributed by atoms with E-state index in [0.717, 1.165) is 37.6 Å². The van der Waals surface area contributed by atoms with Crippen molar-refractivity contribution in [3.05, 3.63) is 65.2 Å². The molecule has 0 bridgehead atoms. The molecule has 0 aliphatic rings. The molecule has 0 heterocycles. The van der Waals surface area contributed by atoms with Crippen molar-refractivity contribution in [2.45, 2.75) is 40.2 Å². The van der Waals surface area contributed by atoms with Crippen molar-refractivity contribution in [1.29, 1.82) is 0 Å². The van der Waals surface area contributed by atoms with Crippen molar-refractivity contribution in [2.24, 2.45) is 4.99 Å². The van der Waals surface area contributed by atoms with E-state index in [1.54, 1.807) is 0 Å². The van der Waals surface area contributed by atoms with Crippen molar-refractivity contribution in [1.82, 2.24) is 10.6 Å². The zero-order chi connectivity index (χ0) is 19.5. The van der Waals surface area contributed by atoms with Crippen LogP contribution in [-0.2, 0) is 24.2 Å². The van der Waals surface area contributed by atoms with E-state index in [2.05, 4.69) is 54.1 Å². The Morgan fingerprint density at radius 1 is 0.964 bits per heavy atom. The zero-order valence-corrected chi connectivity index (χ0v) is 19.2. The van der Waals surface area contributed by atoms with Gasteiger partial charge in [-0.3, -0.25) is 4.79 Å². The quantitative estimate of drug-likeness (QED) is 0.294. The van der Waals surface area contributed by atoms with Gasteiger partial charge in [-0.05, 0) is 48.6 Å². The van der Waals surface area contributed by atoms with Crippen LogP contribution in [0.5, 0.6) is 0 Å². The summed E-state index contributed by atoms with van der Waals surface area (Å²) in [7, 11) is 0. The number of halogens is 1. The van der Waals surface area contributed by atoms with Crippen LogP contribution in [0.25, 0.3) is 0 Å². The average molecular weight is 494 g/mol. The number of anilines is 1. The number of rotatable bonds is 8. The van der Waals surface area contributed by atoms with Gasteiger partial charge in [0, 0.05) is 25.7 Å². The maximum Gasteiger partial charge on any atom is 0.221 e. The Labute approximate surface area is 185 Å². The largest absolute Gasteiger partial charge is 0.357 e. The van der Waals surface area contributed by atoms with Crippen molar-refractivity contribution in [3.63, 3.8) is 0 Å². The molecule has 2 aromatic carbocycles. The number of amides is 1. The molecule has 3 N–H and O–H groups in total. The van der Waals surface area contributed by atoms with E-state index in [0.29, 0.717) is 6.54 Å². The summed E-state index contributed by atoms with van der Waals surface area (Å²) in [6, 6.07) is 16.4. The van der Waals surface area contributed by atoms with Gasteiger partial charge in [-0.15, -0.1) is 24.0 Å². The summed E-state index contributed by atoms with van der Waals surface area (Å²) in [6.45, 7) is 8.04. The van der Waals surface area contributed by atoms with E-state index in [-0.39, 0.29) is 29.9 Å². The molecule has 0 aliphatic heterocycles. The summed E-state index contributed by atoms with van der Waals surface area (Å²) in [5.41, 5.74) is 4.65. The molecule has 1 amide bonds. The summed E-state index contributed by atoms with van der Waals surface area (Å²) < 4.78 is 0. The molecule has 2 aromatic rings. The van der Waals surface area contributed by atoms with Crippen LogP contribution in [0.1, 0.15) is 37.5 Å². The van der Waals surface area contributed by atoms with E-state index in [1.165, 1.54) is 23.6 Å². The van der Waals surface area contributed by atoms with E-state index >= 15 is 0 Å². The first-order valence-electron chi connectivity index (χ1n) is 9.57. The second-order valence-corrected chi connectivity index (χ2v) is 6.37. The van der Waals surface area contributed by atoms with Crippen LogP contribution in [0, 0.1) is 0 Å². The molecule has 0 radical (unpaired) electrons. The van der Waals surface area contributed by atoms with Gasteiger partial charge in [-0.2, -0.15) is 0 Å². The number of nitrogens with zero attached hydrogens (tertiary/aromatic N) is 1. The molecule has 0 aromatic heterocycles. The van der Waals surface area contributed by atoms with Gasteiger partial charge < -0.3 is 16.0 Å². The third-order valence-electron chi connectivity index (χ3n) is 4.23.